The van der Waals surface area contributed by atoms with E-state index in [2.05, 4.69) is 38.1 Å². The fourth-order valence-electron chi connectivity index (χ4n) is 10.2. The third-order valence-electron chi connectivity index (χ3n) is 11.6. The first-order valence-electron chi connectivity index (χ1n) is 14.3. The lowest BCUT2D eigenvalue weighted by Crippen LogP contribution is -2.70. The van der Waals surface area contributed by atoms with Crippen molar-refractivity contribution in [2.45, 2.75) is 81.9 Å². The predicted octanol–water partition coefficient (Wildman–Crippen LogP) is 4.89. The summed E-state index contributed by atoms with van der Waals surface area (Å²) in [5, 5.41) is 12.1. The Morgan fingerprint density at radius 3 is 2.31 bits per heavy atom. The summed E-state index contributed by atoms with van der Waals surface area (Å²) in [5.74, 6) is 1.35. The molecule has 6 fully saturated rings. The molecule has 6 heteroatoms. The maximum atomic E-state index is 12.1. The Bertz CT molecular complexity index is 982. The van der Waals surface area contributed by atoms with Crippen molar-refractivity contribution in [3.63, 3.8) is 0 Å². The van der Waals surface area contributed by atoms with Crippen LogP contribution < -0.4 is 4.74 Å². The molecule has 2 saturated heterocycles. The van der Waals surface area contributed by atoms with Gasteiger partial charge in [0.2, 0.25) is 11.6 Å². The molecule has 0 amide bonds. The molecule has 0 radical (unpaired) electrons. The molecule has 36 heavy (non-hydrogen) atoms. The van der Waals surface area contributed by atoms with Crippen molar-refractivity contribution in [3.05, 3.63) is 29.8 Å². The van der Waals surface area contributed by atoms with Gasteiger partial charge in [-0.25, -0.2) is 0 Å². The molecular formula is C30H42O6. The number of fused-ring (bicyclic) bond motifs is 5. The summed E-state index contributed by atoms with van der Waals surface area (Å²) >= 11 is 0. The van der Waals surface area contributed by atoms with Crippen LogP contribution in [0.4, 0.5) is 0 Å². The van der Waals surface area contributed by atoms with Crippen LogP contribution in [-0.4, -0.2) is 55.8 Å². The van der Waals surface area contributed by atoms with Crippen molar-refractivity contribution in [2.24, 2.45) is 35.0 Å². The topological polar surface area (TPSA) is 66.4 Å². The summed E-state index contributed by atoms with van der Waals surface area (Å²) in [4.78, 5) is 0. The molecule has 1 aromatic rings. The molecule has 0 aromatic heterocycles. The standard InChI is InChI=1S/C30H42O6/c1-19-16-22-25-18-29-30(35-14-12-33-29,36-15-13-34-29)27(25,2)17-23(20-7-9-21(32-3)10-8-20)26(22)24-6-4-5-11-28(19,24)31/h7-10,19,22-26,31H,4-6,11-18H2,1-3H3/t19-,22+,23-,24-,25+,26-,27+,28+,29?,30?/m1/s1. The van der Waals surface area contributed by atoms with Gasteiger partial charge < -0.3 is 28.8 Å². The fraction of sp³-hybridized carbons (Fsp3) is 0.800. The third kappa shape index (κ3) is 2.91. The SMILES string of the molecule is COc1ccc([C@H]2C[C@@]3(C)[C@@H](CC45OCCOC43OCCO5)[C@@H]3C[C@@H](C)[C@@]4(O)CCCC[C@@H]4[C@H]32)cc1. The summed E-state index contributed by atoms with van der Waals surface area (Å²) in [5.41, 5.74) is 0.533. The Labute approximate surface area is 215 Å². The molecule has 2 aliphatic heterocycles. The van der Waals surface area contributed by atoms with Crippen LogP contribution in [0.5, 0.6) is 5.75 Å². The van der Waals surface area contributed by atoms with Crippen LogP contribution in [0.25, 0.3) is 0 Å². The quantitative estimate of drug-likeness (QED) is 0.627. The van der Waals surface area contributed by atoms with Crippen molar-refractivity contribution in [1.29, 1.82) is 0 Å². The van der Waals surface area contributed by atoms with Gasteiger partial charge in [-0.2, -0.15) is 0 Å². The highest BCUT2D eigenvalue weighted by atomic mass is 16.8. The molecule has 4 aliphatic carbocycles. The van der Waals surface area contributed by atoms with Gasteiger partial charge in [-0.3, -0.25) is 0 Å². The second-order valence-electron chi connectivity index (χ2n) is 12.8. The molecular weight excluding hydrogens is 456 g/mol. The van der Waals surface area contributed by atoms with E-state index in [1.165, 1.54) is 12.0 Å². The zero-order chi connectivity index (χ0) is 24.8. The van der Waals surface area contributed by atoms with E-state index in [0.29, 0.717) is 56.0 Å². The summed E-state index contributed by atoms with van der Waals surface area (Å²) in [6.45, 7) is 6.85. The lowest BCUT2D eigenvalue weighted by atomic mass is 9.43. The van der Waals surface area contributed by atoms with Crippen LogP contribution in [0.2, 0.25) is 0 Å². The molecule has 7 rings (SSSR count). The van der Waals surface area contributed by atoms with E-state index in [9.17, 15) is 5.11 Å². The Morgan fingerprint density at radius 2 is 1.61 bits per heavy atom. The molecule has 198 valence electrons. The minimum atomic E-state index is -0.875. The maximum Gasteiger partial charge on any atom is 0.229 e. The number of ether oxygens (including phenoxy) is 5. The van der Waals surface area contributed by atoms with Crippen LogP contribution in [0.1, 0.15) is 70.3 Å². The fourth-order valence-corrected chi connectivity index (χ4v) is 10.2. The van der Waals surface area contributed by atoms with Crippen LogP contribution in [0, 0.1) is 35.0 Å². The average molecular weight is 499 g/mol. The molecule has 4 saturated carbocycles. The summed E-state index contributed by atoms with van der Waals surface area (Å²) < 4.78 is 31.8. The van der Waals surface area contributed by atoms with Crippen LogP contribution in [-0.2, 0) is 18.9 Å². The van der Waals surface area contributed by atoms with Gasteiger partial charge in [0, 0.05) is 11.8 Å². The van der Waals surface area contributed by atoms with Gasteiger partial charge >= 0.3 is 0 Å². The van der Waals surface area contributed by atoms with E-state index < -0.39 is 17.2 Å². The number of benzene rings is 1. The molecule has 6 nitrogen and oxygen atoms in total. The molecule has 0 bridgehead atoms. The zero-order valence-electron chi connectivity index (χ0n) is 22.0. The molecule has 0 unspecified atom stereocenters. The first-order chi connectivity index (χ1) is 17.4. The van der Waals surface area contributed by atoms with Gasteiger partial charge in [0.1, 0.15) is 5.75 Å². The number of methoxy groups -OCH3 is 1. The van der Waals surface area contributed by atoms with Gasteiger partial charge in [-0.1, -0.05) is 38.8 Å². The average Bonchev–Trinajstić information content (AvgIpc) is 3.15. The molecule has 0 spiro atoms. The van der Waals surface area contributed by atoms with Crippen molar-refractivity contribution >= 4 is 0 Å². The predicted molar refractivity (Wildman–Crippen MR) is 134 cm³/mol. The van der Waals surface area contributed by atoms with Gasteiger partial charge in [0.05, 0.1) is 39.1 Å². The number of hydrogen-bond acceptors (Lipinski definition) is 6. The largest absolute Gasteiger partial charge is 0.497 e. The monoisotopic (exact) mass is 498 g/mol. The zero-order valence-corrected chi connectivity index (χ0v) is 22.0. The number of rotatable bonds is 2. The van der Waals surface area contributed by atoms with E-state index in [-0.39, 0.29) is 11.3 Å². The number of aliphatic hydroxyl groups is 1. The van der Waals surface area contributed by atoms with E-state index in [1.54, 1.807) is 7.11 Å². The van der Waals surface area contributed by atoms with Crippen molar-refractivity contribution in [2.75, 3.05) is 33.5 Å². The first kappa shape index (κ1) is 23.9. The Balaban J connectivity index is 1.38. The van der Waals surface area contributed by atoms with Crippen LogP contribution in [0.15, 0.2) is 24.3 Å². The summed E-state index contributed by atoms with van der Waals surface area (Å²) in [6.07, 6.45) is 7.21. The molecule has 1 N–H and O–H groups in total. The Morgan fingerprint density at radius 1 is 0.917 bits per heavy atom. The van der Waals surface area contributed by atoms with E-state index in [4.69, 9.17) is 23.7 Å². The van der Waals surface area contributed by atoms with Gasteiger partial charge in [0.25, 0.3) is 0 Å². The minimum absolute atomic E-state index is 0.247. The molecule has 6 aliphatic rings. The van der Waals surface area contributed by atoms with Crippen molar-refractivity contribution in [1.82, 2.24) is 0 Å². The Kier molecular flexibility index (Phi) is 5.42. The van der Waals surface area contributed by atoms with E-state index >= 15 is 0 Å². The van der Waals surface area contributed by atoms with Gasteiger partial charge in [-0.15, -0.1) is 0 Å². The van der Waals surface area contributed by atoms with Gasteiger partial charge in [0.15, 0.2) is 0 Å². The highest BCUT2D eigenvalue weighted by Crippen LogP contribution is 2.74. The van der Waals surface area contributed by atoms with Crippen LogP contribution >= 0.6 is 0 Å². The summed E-state index contributed by atoms with van der Waals surface area (Å²) in [6, 6.07) is 8.69. The van der Waals surface area contributed by atoms with Crippen molar-refractivity contribution < 1.29 is 28.8 Å². The minimum Gasteiger partial charge on any atom is -0.497 e. The van der Waals surface area contributed by atoms with E-state index in [1.807, 2.05) is 0 Å². The number of hydrogen-bond donors (Lipinski definition) is 1. The molecule has 8 atom stereocenters. The second-order valence-corrected chi connectivity index (χ2v) is 12.8. The van der Waals surface area contributed by atoms with Crippen molar-refractivity contribution in [3.8, 4) is 5.75 Å². The lowest BCUT2D eigenvalue weighted by molar-refractivity contribution is -0.474. The Hall–Kier alpha value is -1.18. The molecule has 1 aromatic carbocycles. The second kappa shape index (κ2) is 8.16. The smallest absolute Gasteiger partial charge is 0.229 e. The van der Waals surface area contributed by atoms with E-state index in [0.717, 1.165) is 44.3 Å². The maximum absolute atomic E-state index is 12.1. The lowest BCUT2D eigenvalue weighted by Gasteiger charge is -2.64. The summed E-state index contributed by atoms with van der Waals surface area (Å²) in [7, 11) is 1.72. The molecule has 2 heterocycles. The third-order valence-corrected chi connectivity index (χ3v) is 11.6. The normalized spacial score (nSPS) is 51.8. The highest BCUT2D eigenvalue weighted by Gasteiger charge is 2.80. The van der Waals surface area contributed by atoms with Crippen LogP contribution in [0.3, 0.4) is 0 Å². The first-order valence-corrected chi connectivity index (χ1v) is 14.3. The highest BCUT2D eigenvalue weighted by molar-refractivity contribution is 5.33. The van der Waals surface area contributed by atoms with Gasteiger partial charge in [-0.05, 0) is 78.9 Å².